The number of aryl methyl sites for hydroxylation is 12. The lowest BCUT2D eigenvalue weighted by atomic mass is 9.91. The van der Waals surface area contributed by atoms with Crippen LogP contribution in [-0.4, -0.2) is 63.5 Å². The molecule has 16 rings (SSSR count). The topological polar surface area (TPSA) is 220 Å². The first-order valence-electron chi connectivity index (χ1n) is 37.0. The van der Waals surface area contributed by atoms with Crippen LogP contribution in [0.4, 0.5) is 71.6 Å². The van der Waals surface area contributed by atoms with Crippen molar-refractivity contribution in [3.63, 3.8) is 0 Å². The number of nitrogens with one attached hydrogen (secondary N) is 4. The highest BCUT2D eigenvalue weighted by atomic mass is 127. The predicted molar refractivity (Wildman–Crippen MR) is 420 cm³/mol. The number of nitrogens with zero attached hydrogens (tertiary/aromatic N) is 8. The van der Waals surface area contributed by atoms with Gasteiger partial charge in [-0.05, 0) is 242 Å². The van der Waals surface area contributed by atoms with E-state index in [1.165, 1.54) is 42.5 Å². The molecule has 12 aromatic rings. The second kappa shape index (κ2) is 35.5. The van der Waals surface area contributed by atoms with Crippen molar-refractivity contribution in [2.75, 3.05) is 21.3 Å². The molecule has 0 bridgehead atoms. The van der Waals surface area contributed by atoms with E-state index in [9.17, 15) is 67.5 Å². The second-order valence-corrected chi connectivity index (χ2v) is 28.5. The molecule has 0 saturated carbocycles. The van der Waals surface area contributed by atoms with Crippen LogP contribution >= 0.6 is 22.6 Å². The zero-order valence-electron chi connectivity index (χ0n) is 62.2. The molecule has 0 saturated heterocycles. The minimum atomic E-state index is -2.29. The molecule has 4 amide bonds. The summed E-state index contributed by atoms with van der Waals surface area (Å²) in [7, 11) is 0. The average Bonchev–Trinajstić information content (AvgIpc) is 0.784. The molecular weight excluding hydrogens is 1610 g/mol. The largest absolute Gasteiger partial charge is 0.309 e. The Hall–Kier alpha value is -12.1. The van der Waals surface area contributed by atoms with E-state index in [0.717, 1.165) is 106 Å². The molecule has 115 heavy (non-hydrogen) atoms. The van der Waals surface area contributed by atoms with Crippen LogP contribution in [0.1, 0.15) is 123 Å². The van der Waals surface area contributed by atoms with Gasteiger partial charge in [0.25, 0.3) is 5.91 Å². The van der Waals surface area contributed by atoms with Crippen LogP contribution in [0.2, 0.25) is 0 Å². The number of fused-ring (bicyclic) bond motifs is 12. The normalized spacial score (nSPS) is 12.3. The van der Waals surface area contributed by atoms with Gasteiger partial charge in [0, 0.05) is 37.0 Å². The zero-order valence-corrected chi connectivity index (χ0v) is 64.4. The van der Waals surface area contributed by atoms with E-state index in [-0.39, 0.29) is 47.3 Å². The van der Waals surface area contributed by atoms with Gasteiger partial charge in [-0.1, -0.05) is 64.1 Å². The molecule has 8 aromatic carbocycles. The van der Waals surface area contributed by atoms with E-state index in [1.807, 2.05) is 63.2 Å². The first-order chi connectivity index (χ1) is 55.3. The quantitative estimate of drug-likeness (QED) is 0.0326. The smallest absolute Gasteiger partial charge is 0.256 e. The number of benzene rings is 8. The number of hydrogen-bond donors (Lipinski definition) is 4. The van der Waals surface area contributed by atoms with Crippen LogP contribution in [0.5, 0.6) is 0 Å². The number of anilines is 4. The van der Waals surface area contributed by atoms with Crippen LogP contribution in [0.15, 0.2) is 146 Å². The Bertz CT molecular complexity index is 5790. The van der Waals surface area contributed by atoms with Gasteiger partial charge in [0.15, 0.2) is 58.2 Å². The Balaban J connectivity index is 0.000000134. The third kappa shape index (κ3) is 18.4. The van der Waals surface area contributed by atoms with E-state index in [4.69, 9.17) is 15.0 Å². The highest BCUT2D eigenvalue weighted by molar-refractivity contribution is 14.1. The molecule has 586 valence electrons. The molecule has 0 radical (unpaired) electrons. The number of carbonyl (C=O) groups excluding carboxylic acids is 4. The Morgan fingerprint density at radius 1 is 0.330 bits per heavy atom. The number of aromatic nitrogens is 8. The fourth-order valence-electron chi connectivity index (χ4n) is 13.9. The van der Waals surface area contributed by atoms with Gasteiger partial charge in [-0.15, -0.1) is 0 Å². The number of carbonyl (C=O) groups is 4. The van der Waals surface area contributed by atoms with Crippen molar-refractivity contribution in [1.29, 1.82) is 0 Å². The van der Waals surface area contributed by atoms with Gasteiger partial charge in [0.05, 0.1) is 87.6 Å². The van der Waals surface area contributed by atoms with Crippen LogP contribution in [0.3, 0.4) is 0 Å². The maximum Gasteiger partial charge on any atom is 0.256 e. The zero-order chi connectivity index (χ0) is 81.5. The highest BCUT2D eigenvalue weighted by Crippen LogP contribution is 2.39. The molecule has 4 aliphatic rings. The molecule has 0 fully saturated rings. The van der Waals surface area contributed by atoms with Gasteiger partial charge in [0.2, 0.25) is 23.5 Å². The Kier molecular flexibility index (Phi) is 25.0. The van der Waals surface area contributed by atoms with Gasteiger partial charge < -0.3 is 21.3 Å². The van der Waals surface area contributed by atoms with E-state index in [2.05, 4.69) is 68.8 Å². The van der Waals surface area contributed by atoms with Gasteiger partial charge >= 0.3 is 0 Å². The van der Waals surface area contributed by atoms with Crippen molar-refractivity contribution in [2.45, 2.75) is 124 Å². The van der Waals surface area contributed by atoms with E-state index in [0.29, 0.717) is 140 Å². The summed E-state index contributed by atoms with van der Waals surface area (Å²) in [6.45, 7) is 7.60. The van der Waals surface area contributed by atoms with Crippen molar-refractivity contribution < 1.29 is 67.5 Å². The molecule has 0 spiro atoms. The summed E-state index contributed by atoms with van der Waals surface area (Å²) in [6.07, 6.45) is 6.20. The first kappa shape index (κ1) is 81.0. The standard InChI is InChI=1S/C22H15F6N3O.C22H18F3N3O.C22H19FIN3O.C21H18FN3O/c1-2-13-22(30-14-6-3-9-7-10(23)4-5-11(9)21(14)29-13)31-15(32)8-12-16(24)18(26)20(28)19(27)17(12)25;1-2-18-22(28-20(29)10-12-3-7-16(24)17(25)9-12)27-19-8-4-13-11-14(23)5-6-15(13)21(19)26-18;1-2-18-22(27-20(28)11-13-3-7-16(24)8-4-13)26-19-10-5-14-12-15(23)6-9-17(14)21(19)25-18;1-2-17-20(25-21(26)13-6-4-3-5-7-13)24-18-11-8-14-12-15(22)9-10-16(14)19(18)23-17/h4-5,7H,2-3,6,8H2,1H3,(H,30,31,32);3,5-7,9,11H,2,4,8,10H2,1H3,(H,27,28,29);3-4,6-9,12H,2,5,10-11H2,1H3,(H,26,27,28);3-7,9-10,12H,2,8,11H2,1H3,(H,24,25,26). The molecule has 0 atom stereocenters. The van der Waals surface area contributed by atoms with Crippen molar-refractivity contribution in [3.8, 4) is 45.0 Å². The molecular formula is C87H70F11IN12O4. The lowest BCUT2D eigenvalue weighted by Gasteiger charge is -2.20. The fraction of sp³-hybridized carbons (Fsp3) is 0.218. The highest BCUT2D eigenvalue weighted by Gasteiger charge is 2.31. The Morgan fingerprint density at radius 3 is 1.00 bits per heavy atom. The minimum absolute atomic E-state index is 0.0330. The summed E-state index contributed by atoms with van der Waals surface area (Å²) in [4.78, 5) is 86.9. The summed E-state index contributed by atoms with van der Waals surface area (Å²) < 4.78 is 149. The monoisotopic (exact) mass is 1680 g/mol. The summed E-state index contributed by atoms with van der Waals surface area (Å²) >= 11 is 2.24. The van der Waals surface area contributed by atoms with Crippen LogP contribution < -0.4 is 21.3 Å². The van der Waals surface area contributed by atoms with Crippen LogP contribution in [-0.2, 0) is 111 Å². The first-order valence-corrected chi connectivity index (χ1v) is 38.1. The van der Waals surface area contributed by atoms with E-state index in [1.54, 1.807) is 55.5 Å². The SMILES string of the molecule is CCc1nc2c(nc1NC(=O)Cc1c(F)c(F)c(F)c(F)c1F)CCc1cc(F)ccc1-2.CCc1nc2c(nc1NC(=O)Cc1ccc(F)c(F)c1)CCc1cc(F)ccc1-2.CCc1nc2c(nc1NC(=O)Cc1ccc(I)cc1)CCc1cc(F)ccc1-2.CCc1nc2c(nc1NC(=O)c1ccccc1)CCc1cc(F)ccc1-2. The predicted octanol–water partition coefficient (Wildman–Crippen LogP) is 18.1. The molecule has 4 N–H and O–H groups in total. The van der Waals surface area contributed by atoms with E-state index >= 15 is 0 Å². The lowest BCUT2D eigenvalue weighted by Crippen LogP contribution is -2.21. The molecule has 4 aliphatic carbocycles. The second-order valence-electron chi connectivity index (χ2n) is 27.3. The molecule has 0 aliphatic heterocycles. The van der Waals surface area contributed by atoms with Gasteiger partial charge in [-0.3, -0.25) is 19.2 Å². The van der Waals surface area contributed by atoms with Crippen LogP contribution in [0.25, 0.3) is 45.0 Å². The average molecular weight is 1680 g/mol. The van der Waals surface area contributed by atoms with Crippen molar-refractivity contribution >= 4 is 69.5 Å². The van der Waals surface area contributed by atoms with Crippen LogP contribution in [0, 0.1) is 67.6 Å². The minimum Gasteiger partial charge on any atom is -0.309 e. The number of halogens is 12. The lowest BCUT2D eigenvalue weighted by molar-refractivity contribution is -0.116. The molecule has 16 nitrogen and oxygen atoms in total. The Morgan fingerprint density at radius 2 is 0.652 bits per heavy atom. The summed E-state index contributed by atoms with van der Waals surface area (Å²) in [5, 5.41) is 10.9. The van der Waals surface area contributed by atoms with Crippen molar-refractivity contribution in [3.05, 3.63) is 303 Å². The number of hydrogen-bond acceptors (Lipinski definition) is 12. The van der Waals surface area contributed by atoms with E-state index < -0.39 is 64.5 Å². The molecule has 28 heteroatoms. The van der Waals surface area contributed by atoms with Crippen molar-refractivity contribution in [2.24, 2.45) is 0 Å². The van der Waals surface area contributed by atoms with Crippen molar-refractivity contribution in [1.82, 2.24) is 39.9 Å². The maximum atomic E-state index is 13.9. The molecule has 0 unspecified atom stereocenters. The molecule has 4 aromatic heterocycles. The van der Waals surface area contributed by atoms with Gasteiger partial charge in [0.1, 0.15) is 23.3 Å². The maximum absolute atomic E-state index is 13.9. The Labute approximate surface area is 666 Å². The third-order valence-corrected chi connectivity index (χ3v) is 20.3. The van der Waals surface area contributed by atoms with Gasteiger partial charge in [-0.2, -0.15) is 0 Å². The summed E-state index contributed by atoms with van der Waals surface area (Å²) in [6, 6.07) is 38.8. The summed E-state index contributed by atoms with van der Waals surface area (Å²) in [5.74, 6) is -14.0. The summed E-state index contributed by atoms with van der Waals surface area (Å²) in [5.41, 5.74) is 15.9. The fourth-order valence-corrected chi connectivity index (χ4v) is 14.2. The van der Waals surface area contributed by atoms with Gasteiger partial charge in [-0.25, -0.2) is 88.2 Å². The molecule has 4 heterocycles. The number of amides is 4. The third-order valence-electron chi connectivity index (χ3n) is 19.6. The number of rotatable bonds is 15.